The van der Waals surface area contributed by atoms with Crippen molar-refractivity contribution in [2.24, 2.45) is 0 Å². The van der Waals surface area contributed by atoms with Gasteiger partial charge >= 0.3 is 0 Å². The highest BCUT2D eigenvalue weighted by Gasteiger charge is 2.36. The number of nitrogens with one attached hydrogen (secondary N) is 2. The van der Waals surface area contributed by atoms with Crippen LogP contribution in [0, 0.1) is 0 Å². The molecular formula is C23H33ClN4O4. The second-order valence-electron chi connectivity index (χ2n) is 8.37. The molecule has 4 N–H and O–H groups in total. The number of pyridine rings is 1. The van der Waals surface area contributed by atoms with E-state index >= 15 is 0 Å². The third kappa shape index (κ3) is 6.76. The number of benzene rings is 1. The summed E-state index contributed by atoms with van der Waals surface area (Å²) in [6.07, 6.45) is 2.15. The van der Waals surface area contributed by atoms with Gasteiger partial charge in [0.25, 0.3) is 0 Å². The van der Waals surface area contributed by atoms with Gasteiger partial charge in [-0.05, 0) is 64.0 Å². The molecular weight excluding hydrogens is 432 g/mol. The van der Waals surface area contributed by atoms with E-state index in [1.165, 1.54) is 0 Å². The number of aromatic nitrogens is 1. The van der Waals surface area contributed by atoms with E-state index in [4.69, 9.17) is 16.3 Å². The van der Waals surface area contributed by atoms with Crippen LogP contribution in [-0.4, -0.2) is 77.2 Å². The lowest BCUT2D eigenvalue weighted by atomic mass is 9.99. The highest BCUT2D eigenvalue weighted by Crippen LogP contribution is 2.24. The molecule has 1 aromatic heterocycles. The van der Waals surface area contributed by atoms with Crippen LogP contribution in [0.3, 0.4) is 0 Å². The number of carbonyl (C=O) groups excluding carboxylic acids is 1. The lowest BCUT2D eigenvalue weighted by molar-refractivity contribution is -0.231. The third-order valence-electron chi connectivity index (χ3n) is 5.81. The number of likely N-dealkylation sites (N-methyl/N-ethyl adjacent to an activating group) is 1. The van der Waals surface area contributed by atoms with E-state index < -0.39 is 12.4 Å². The molecule has 32 heavy (non-hydrogen) atoms. The lowest BCUT2D eigenvalue weighted by Crippen LogP contribution is -2.54. The molecule has 8 nitrogen and oxygen atoms in total. The molecule has 1 saturated heterocycles. The second kappa shape index (κ2) is 11.8. The van der Waals surface area contributed by atoms with Crippen molar-refractivity contribution in [1.82, 2.24) is 15.2 Å². The first-order chi connectivity index (χ1) is 15.3. The van der Waals surface area contributed by atoms with Crippen molar-refractivity contribution in [2.45, 2.75) is 57.1 Å². The number of ether oxygens (including phenoxy) is 1. The van der Waals surface area contributed by atoms with Gasteiger partial charge in [-0.1, -0.05) is 11.6 Å². The van der Waals surface area contributed by atoms with Gasteiger partial charge in [0.1, 0.15) is 6.10 Å². The van der Waals surface area contributed by atoms with E-state index in [9.17, 15) is 15.0 Å². The average Bonchev–Trinajstić information content (AvgIpc) is 2.76. The number of carbonyl (C=O) groups is 1. The third-order valence-corrected chi connectivity index (χ3v) is 6.04. The minimum Gasteiger partial charge on any atom is -0.386 e. The zero-order valence-electron chi connectivity index (χ0n) is 18.6. The molecule has 176 valence electrons. The van der Waals surface area contributed by atoms with Crippen molar-refractivity contribution in [3.8, 4) is 0 Å². The van der Waals surface area contributed by atoms with Crippen molar-refractivity contribution in [2.75, 3.05) is 32.0 Å². The predicted molar refractivity (Wildman–Crippen MR) is 126 cm³/mol. The van der Waals surface area contributed by atoms with Crippen LogP contribution in [0.15, 0.2) is 30.5 Å². The Balaban J connectivity index is 1.31. The summed E-state index contributed by atoms with van der Waals surface area (Å²) in [7, 11) is 1.92. The molecule has 1 aromatic carbocycles. The number of amides is 1. The van der Waals surface area contributed by atoms with Crippen LogP contribution in [0.5, 0.6) is 0 Å². The number of aliphatic hydroxyl groups is 2. The van der Waals surface area contributed by atoms with Gasteiger partial charge in [-0.3, -0.25) is 9.78 Å². The lowest BCUT2D eigenvalue weighted by Gasteiger charge is -2.40. The van der Waals surface area contributed by atoms with E-state index in [-0.39, 0.29) is 18.1 Å². The SMILES string of the molecule is C[C@@H]1C[C@H](N(C)CCCNC(=O)CCCNc2ccnc3cc(Cl)ccc23)[C@@H](O)[C@H](O)O1. The van der Waals surface area contributed by atoms with Gasteiger partial charge in [0.05, 0.1) is 11.6 Å². The maximum atomic E-state index is 12.1. The molecule has 4 atom stereocenters. The molecule has 0 bridgehead atoms. The number of fused-ring (bicyclic) bond motifs is 1. The zero-order chi connectivity index (χ0) is 23.1. The summed E-state index contributed by atoms with van der Waals surface area (Å²) in [5, 5.41) is 27.9. The number of anilines is 1. The minimum absolute atomic E-state index is 0.0240. The molecule has 0 spiro atoms. The van der Waals surface area contributed by atoms with Gasteiger partial charge in [-0.2, -0.15) is 0 Å². The van der Waals surface area contributed by atoms with E-state index in [1.54, 1.807) is 6.20 Å². The van der Waals surface area contributed by atoms with Crippen molar-refractivity contribution < 1.29 is 19.7 Å². The van der Waals surface area contributed by atoms with E-state index in [1.807, 2.05) is 43.1 Å². The maximum absolute atomic E-state index is 12.1. The quantitative estimate of drug-likeness (QED) is 0.400. The molecule has 2 aromatic rings. The Morgan fingerprint density at radius 1 is 1.28 bits per heavy atom. The van der Waals surface area contributed by atoms with Gasteiger partial charge in [-0.25, -0.2) is 0 Å². The Morgan fingerprint density at radius 3 is 2.91 bits per heavy atom. The van der Waals surface area contributed by atoms with E-state index in [0.29, 0.717) is 43.9 Å². The summed E-state index contributed by atoms with van der Waals surface area (Å²) in [5.41, 5.74) is 1.81. The summed E-state index contributed by atoms with van der Waals surface area (Å²) < 4.78 is 5.24. The monoisotopic (exact) mass is 464 g/mol. The molecule has 0 unspecified atom stereocenters. The van der Waals surface area contributed by atoms with E-state index in [2.05, 4.69) is 15.6 Å². The van der Waals surface area contributed by atoms with Crippen molar-refractivity contribution in [1.29, 1.82) is 0 Å². The van der Waals surface area contributed by atoms with Crippen LogP contribution < -0.4 is 10.6 Å². The molecule has 9 heteroatoms. The summed E-state index contributed by atoms with van der Waals surface area (Å²) in [4.78, 5) is 18.5. The van der Waals surface area contributed by atoms with Crippen LogP contribution in [-0.2, 0) is 9.53 Å². The Morgan fingerprint density at radius 2 is 2.09 bits per heavy atom. The molecule has 1 aliphatic rings. The zero-order valence-corrected chi connectivity index (χ0v) is 19.4. The van der Waals surface area contributed by atoms with Gasteiger partial charge in [-0.15, -0.1) is 0 Å². The number of nitrogens with zero attached hydrogens (tertiary/aromatic N) is 2. The smallest absolute Gasteiger partial charge is 0.220 e. The highest BCUT2D eigenvalue weighted by molar-refractivity contribution is 6.31. The average molecular weight is 465 g/mol. The number of aliphatic hydroxyl groups excluding tert-OH is 2. The summed E-state index contributed by atoms with van der Waals surface area (Å²) in [5.74, 6) is 0.0240. The van der Waals surface area contributed by atoms with Gasteiger partial charge in [0.2, 0.25) is 5.91 Å². The molecule has 1 amide bonds. The van der Waals surface area contributed by atoms with Gasteiger partial charge < -0.3 is 30.5 Å². The summed E-state index contributed by atoms with van der Waals surface area (Å²) in [6.45, 7) is 3.85. The van der Waals surface area contributed by atoms with Gasteiger partial charge in [0, 0.05) is 47.8 Å². The fourth-order valence-corrected chi connectivity index (χ4v) is 4.21. The molecule has 0 saturated carbocycles. The fourth-order valence-electron chi connectivity index (χ4n) is 4.04. The maximum Gasteiger partial charge on any atom is 0.220 e. The topological polar surface area (TPSA) is 107 Å². The Kier molecular flexibility index (Phi) is 9.07. The van der Waals surface area contributed by atoms with Crippen LogP contribution >= 0.6 is 11.6 Å². The number of hydrogen-bond donors (Lipinski definition) is 4. The van der Waals surface area contributed by atoms with Gasteiger partial charge in [0.15, 0.2) is 6.29 Å². The second-order valence-corrected chi connectivity index (χ2v) is 8.80. The number of halogens is 1. The standard InChI is InChI=1S/C23H33ClN4O4/c1-15-13-20(22(30)23(31)32-15)28(2)12-4-10-27-21(29)5-3-9-25-18-8-11-26-19-14-16(24)6-7-17(18)19/h6-8,11,14-15,20,22-23,30-31H,3-5,9-10,12-13H2,1-2H3,(H,25,26)(H,27,29)/t15-,20+,22-,23-/m1/s1. The first kappa shape index (κ1) is 24.7. The molecule has 0 aliphatic carbocycles. The summed E-state index contributed by atoms with van der Waals surface area (Å²) in [6, 6.07) is 7.38. The van der Waals surface area contributed by atoms with Crippen LogP contribution in [0.1, 0.15) is 32.6 Å². The Bertz CT molecular complexity index is 899. The first-order valence-electron chi connectivity index (χ1n) is 11.1. The normalized spacial score (nSPS) is 23.4. The minimum atomic E-state index is -1.15. The van der Waals surface area contributed by atoms with Crippen molar-refractivity contribution >= 4 is 34.1 Å². The fraction of sp³-hybridized carbons (Fsp3) is 0.565. The number of hydrogen-bond acceptors (Lipinski definition) is 7. The van der Waals surface area contributed by atoms with Crippen molar-refractivity contribution in [3.05, 3.63) is 35.5 Å². The molecule has 2 heterocycles. The molecule has 0 radical (unpaired) electrons. The van der Waals surface area contributed by atoms with Crippen molar-refractivity contribution in [3.63, 3.8) is 0 Å². The molecule has 3 rings (SSSR count). The summed E-state index contributed by atoms with van der Waals surface area (Å²) >= 11 is 6.03. The number of rotatable bonds is 10. The Labute approximate surface area is 193 Å². The Hall–Kier alpha value is -1.97. The van der Waals surface area contributed by atoms with Crippen LogP contribution in [0.4, 0.5) is 5.69 Å². The first-order valence-corrected chi connectivity index (χ1v) is 11.5. The predicted octanol–water partition coefficient (Wildman–Crippen LogP) is 2.38. The highest BCUT2D eigenvalue weighted by atomic mass is 35.5. The van der Waals surface area contributed by atoms with E-state index in [0.717, 1.165) is 23.0 Å². The molecule has 1 aliphatic heterocycles. The molecule has 1 fully saturated rings. The van der Waals surface area contributed by atoms with Crippen LogP contribution in [0.2, 0.25) is 5.02 Å². The van der Waals surface area contributed by atoms with Crippen LogP contribution in [0.25, 0.3) is 10.9 Å². The largest absolute Gasteiger partial charge is 0.386 e.